The highest BCUT2D eigenvalue weighted by Gasteiger charge is 2.21. The first-order valence-corrected chi connectivity index (χ1v) is 6.84. The fraction of sp³-hybridized carbons (Fsp3) is 0.125. The average molecular weight is 313 g/mol. The number of hydrogen-bond donors (Lipinski definition) is 0. The molecule has 1 aromatic carbocycles. The number of ether oxygens (including phenoxy) is 1. The predicted octanol–water partition coefficient (Wildman–Crippen LogP) is 3.19. The normalized spacial score (nSPS) is 11.9. The van der Waals surface area contributed by atoms with Crippen molar-refractivity contribution in [2.24, 2.45) is 0 Å². The van der Waals surface area contributed by atoms with Gasteiger partial charge in [-0.2, -0.15) is 0 Å². The van der Waals surface area contributed by atoms with Gasteiger partial charge in [0.1, 0.15) is 0 Å². The van der Waals surface area contributed by atoms with Crippen molar-refractivity contribution in [3.8, 4) is 11.5 Å². The van der Waals surface area contributed by atoms with Crippen LogP contribution in [0.2, 0.25) is 0 Å². The van der Waals surface area contributed by atoms with Gasteiger partial charge in [-0.1, -0.05) is 18.2 Å². The van der Waals surface area contributed by atoms with Crippen molar-refractivity contribution in [2.75, 3.05) is 0 Å². The van der Waals surface area contributed by atoms with Crippen molar-refractivity contribution < 1.29 is 18.3 Å². The zero-order valence-electron chi connectivity index (χ0n) is 12.1. The van der Waals surface area contributed by atoms with E-state index in [0.29, 0.717) is 5.89 Å². The standard InChI is InChI=1S/C16H12FN3O3/c1-10(22-16(21)12-7-8-18-9-13(12)17)14-19-20-15(23-14)11-5-3-2-4-6-11/h2-10H,1H3. The minimum atomic E-state index is -0.822. The minimum Gasteiger partial charge on any atom is -0.449 e. The van der Waals surface area contributed by atoms with Crippen LogP contribution in [-0.2, 0) is 4.74 Å². The van der Waals surface area contributed by atoms with Crippen LogP contribution in [0.15, 0.2) is 53.2 Å². The Labute approximate surface area is 131 Å². The molecule has 0 aliphatic carbocycles. The number of carbonyl (C=O) groups is 1. The van der Waals surface area contributed by atoms with Crippen molar-refractivity contribution in [1.82, 2.24) is 15.2 Å². The van der Waals surface area contributed by atoms with Gasteiger partial charge in [0.15, 0.2) is 11.9 Å². The third kappa shape index (κ3) is 3.23. The van der Waals surface area contributed by atoms with E-state index in [1.165, 1.54) is 12.3 Å². The Kier molecular flexibility index (Phi) is 4.09. The van der Waals surface area contributed by atoms with Crippen LogP contribution in [0.25, 0.3) is 11.5 Å². The SMILES string of the molecule is CC(OC(=O)c1ccncc1F)c1nnc(-c2ccccc2)o1. The Morgan fingerprint density at radius 2 is 2.00 bits per heavy atom. The highest BCUT2D eigenvalue weighted by Crippen LogP contribution is 2.23. The monoisotopic (exact) mass is 313 g/mol. The zero-order chi connectivity index (χ0) is 16.2. The lowest BCUT2D eigenvalue weighted by molar-refractivity contribution is 0.0274. The second-order valence-corrected chi connectivity index (χ2v) is 4.71. The quantitative estimate of drug-likeness (QED) is 0.688. The van der Waals surface area contributed by atoms with Gasteiger partial charge in [-0.15, -0.1) is 10.2 Å². The van der Waals surface area contributed by atoms with E-state index in [1.807, 2.05) is 30.3 Å². The van der Waals surface area contributed by atoms with E-state index in [4.69, 9.17) is 9.15 Å². The van der Waals surface area contributed by atoms with E-state index < -0.39 is 17.9 Å². The molecule has 2 heterocycles. The maximum atomic E-state index is 13.5. The molecule has 0 saturated carbocycles. The molecule has 0 aliphatic heterocycles. The summed E-state index contributed by atoms with van der Waals surface area (Å²) >= 11 is 0. The molecule has 3 aromatic rings. The molecule has 3 rings (SSSR count). The Morgan fingerprint density at radius 1 is 1.22 bits per heavy atom. The van der Waals surface area contributed by atoms with Crippen LogP contribution in [0.1, 0.15) is 29.3 Å². The van der Waals surface area contributed by atoms with Gasteiger partial charge >= 0.3 is 5.97 Å². The van der Waals surface area contributed by atoms with E-state index in [-0.39, 0.29) is 11.5 Å². The molecule has 2 aromatic heterocycles. The maximum Gasteiger partial charge on any atom is 0.342 e. The Bertz CT molecular complexity index is 820. The van der Waals surface area contributed by atoms with Crippen molar-refractivity contribution in [3.63, 3.8) is 0 Å². The molecule has 0 radical (unpaired) electrons. The maximum absolute atomic E-state index is 13.5. The molecule has 1 atom stereocenters. The van der Waals surface area contributed by atoms with Gasteiger partial charge in [0.2, 0.25) is 5.89 Å². The van der Waals surface area contributed by atoms with E-state index in [1.54, 1.807) is 6.92 Å². The molecule has 6 nitrogen and oxygen atoms in total. The van der Waals surface area contributed by atoms with Crippen molar-refractivity contribution >= 4 is 5.97 Å². The first-order valence-electron chi connectivity index (χ1n) is 6.84. The second-order valence-electron chi connectivity index (χ2n) is 4.71. The molecule has 23 heavy (non-hydrogen) atoms. The molecule has 116 valence electrons. The lowest BCUT2D eigenvalue weighted by Crippen LogP contribution is -2.11. The molecule has 0 N–H and O–H groups in total. The number of esters is 1. The lowest BCUT2D eigenvalue weighted by Gasteiger charge is -2.09. The summed E-state index contributed by atoms with van der Waals surface area (Å²) in [7, 11) is 0. The summed E-state index contributed by atoms with van der Waals surface area (Å²) in [6.07, 6.45) is 1.45. The topological polar surface area (TPSA) is 78.1 Å². The summed E-state index contributed by atoms with van der Waals surface area (Å²) in [5.41, 5.74) is 0.555. The number of carbonyl (C=O) groups excluding carboxylic acids is 1. The molecule has 1 unspecified atom stereocenters. The van der Waals surface area contributed by atoms with Crippen LogP contribution in [0.3, 0.4) is 0 Å². The highest BCUT2D eigenvalue weighted by atomic mass is 19.1. The van der Waals surface area contributed by atoms with E-state index in [2.05, 4.69) is 15.2 Å². The molecular weight excluding hydrogens is 301 g/mol. The fourth-order valence-corrected chi connectivity index (χ4v) is 1.91. The first kappa shape index (κ1) is 14.8. The summed E-state index contributed by atoms with van der Waals surface area (Å²) in [4.78, 5) is 15.5. The smallest absolute Gasteiger partial charge is 0.342 e. The number of aromatic nitrogens is 3. The second kappa shape index (κ2) is 6.35. The number of hydrogen-bond acceptors (Lipinski definition) is 6. The van der Waals surface area contributed by atoms with Gasteiger partial charge in [0, 0.05) is 11.8 Å². The minimum absolute atomic E-state index is 0.131. The van der Waals surface area contributed by atoms with Crippen LogP contribution in [0, 0.1) is 5.82 Å². The van der Waals surface area contributed by atoms with Crippen molar-refractivity contribution in [2.45, 2.75) is 13.0 Å². The summed E-state index contributed by atoms with van der Waals surface area (Å²) in [6, 6.07) is 10.4. The van der Waals surface area contributed by atoms with E-state index in [9.17, 15) is 9.18 Å². The number of benzene rings is 1. The number of halogens is 1. The summed E-state index contributed by atoms with van der Waals surface area (Å²) in [6.45, 7) is 1.57. The Morgan fingerprint density at radius 3 is 2.74 bits per heavy atom. The van der Waals surface area contributed by atoms with Crippen molar-refractivity contribution in [3.05, 3.63) is 66.1 Å². The molecule has 0 fully saturated rings. The Balaban J connectivity index is 1.74. The van der Waals surface area contributed by atoms with Gasteiger partial charge < -0.3 is 9.15 Å². The third-order valence-corrected chi connectivity index (χ3v) is 3.09. The summed E-state index contributed by atoms with van der Waals surface area (Å²) < 4.78 is 24.1. The predicted molar refractivity (Wildman–Crippen MR) is 77.8 cm³/mol. The van der Waals surface area contributed by atoms with Crippen LogP contribution >= 0.6 is 0 Å². The number of pyridine rings is 1. The molecular formula is C16H12FN3O3. The summed E-state index contributed by atoms with van der Waals surface area (Å²) in [5.74, 6) is -1.12. The third-order valence-electron chi connectivity index (χ3n) is 3.09. The van der Waals surface area contributed by atoms with Crippen molar-refractivity contribution in [1.29, 1.82) is 0 Å². The van der Waals surface area contributed by atoms with Gasteiger partial charge in [-0.3, -0.25) is 4.98 Å². The highest BCUT2D eigenvalue weighted by molar-refractivity contribution is 5.89. The summed E-state index contributed by atoms with van der Waals surface area (Å²) in [5, 5.41) is 7.77. The number of rotatable bonds is 4. The first-order chi connectivity index (χ1) is 11.1. The van der Waals surface area contributed by atoms with Crippen LogP contribution < -0.4 is 0 Å². The van der Waals surface area contributed by atoms with Gasteiger partial charge in [0.05, 0.1) is 11.8 Å². The van der Waals surface area contributed by atoms with Crippen LogP contribution in [0.4, 0.5) is 4.39 Å². The molecule has 7 heteroatoms. The van der Waals surface area contributed by atoms with Crippen LogP contribution in [0.5, 0.6) is 0 Å². The number of nitrogens with zero attached hydrogens (tertiary/aromatic N) is 3. The molecule has 0 amide bonds. The lowest BCUT2D eigenvalue weighted by atomic mass is 10.2. The van der Waals surface area contributed by atoms with E-state index >= 15 is 0 Å². The van der Waals surface area contributed by atoms with Gasteiger partial charge in [-0.25, -0.2) is 9.18 Å². The van der Waals surface area contributed by atoms with Gasteiger partial charge in [0.25, 0.3) is 5.89 Å². The molecule has 0 spiro atoms. The molecule has 0 aliphatic rings. The molecule has 0 bridgehead atoms. The van der Waals surface area contributed by atoms with Crippen LogP contribution in [-0.4, -0.2) is 21.2 Å². The van der Waals surface area contributed by atoms with Gasteiger partial charge in [-0.05, 0) is 25.1 Å². The van der Waals surface area contributed by atoms with E-state index in [0.717, 1.165) is 11.8 Å². The fourth-order valence-electron chi connectivity index (χ4n) is 1.91. The average Bonchev–Trinajstić information content (AvgIpc) is 3.06. The largest absolute Gasteiger partial charge is 0.449 e. The Hall–Kier alpha value is -3.09. The zero-order valence-corrected chi connectivity index (χ0v) is 12.1. The molecule has 0 saturated heterocycles.